The lowest BCUT2D eigenvalue weighted by atomic mass is 10.1. The Hall–Kier alpha value is -2.36. The zero-order valence-electron chi connectivity index (χ0n) is 11.4. The number of nitriles is 1. The number of carbonyl (C=O) groups is 1. The molecule has 0 spiro atoms. The molecule has 0 aromatic heterocycles. The van der Waals surface area contributed by atoms with E-state index in [4.69, 9.17) is 21.0 Å². The molecule has 112 valence electrons. The first-order valence-corrected chi connectivity index (χ1v) is 7.88. The van der Waals surface area contributed by atoms with Crippen LogP contribution in [0.4, 0.5) is 0 Å². The molecule has 0 saturated heterocycles. The molecular weight excluding hydrogens is 326 g/mol. The summed E-state index contributed by atoms with van der Waals surface area (Å²) in [5.41, 5.74) is 0.00588. The number of Topliss-reactive ketones (excluding diaryl/α,β-unsaturated/α-hetero) is 1. The molecule has 7 heteroatoms. The molecule has 0 fully saturated rings. The highest BCUT2D eigenvalue weighted by Gasteiger charge is 2.23. The first-order valence-electron chi connectivity index (χ1n) is 6.09. The maximum atomic E-state index is 12.3. The SMILES string of the molecule is CC(=O)c1cc(Cl)ccc1OS(=O)(=O)c1ccccc1C#N. The Bertz CT molecular complexity index is 885. The third-order valence-electron chi connectivity index (χ3n) is 2.80. The Kier molecular flexibility index (Phi) is 4.50. The van der Waals surface area contributed by atoms with Gasteiger partial charge in [0.2, 0.25) is 0 Å². The zero-order valence-corrected chi connectivity index (χ0v) is 13.0. The minimum atomic E-state index is -4.24. The molecule has 5 nitrogen and oxygen atoms in total. The smallest absolute Gasteiger partial charge is 0.340 e. The molecule has 0 amide bonds. The van der Waals surface area contributed by atoms with Crippen molar-refractivity contribution in [2.45, 2.75) is 11.8 Å². The first kappa shape index (κ1) is 16.0. The van der Waals surface area contributed by atoms with Crippen LogP contribution in [-0.2, 0) is 10.1 Å². The number of hydrogen-bond donors (Lipinski definition) is 0. The van der Waals surface area contributed by atoms with E-state index < -0.39 is 10.1 Å². The summed E-state index contributed by atoms with van der Waals surface area (Å²) < 4.78 is 29.7. The number of rotatable bonds is 4. The lowest BCUT2D eigenvalue weighted by Gasteiger charge is -2.11. The van der Waals surface area contributed by atoms with Crippen LogP contribution in [0.25, 0.3) is 0 Å². The molecule has 0 aliphatic carbocycles. The second-order valence-corrected chi connectivity index (χ2v) is 6.29. The van der Waals surface area contributed by atoms with E-state index in [0.29, 0.717) is 0 Å². The van der Waals surface area contributed by atoms with E-state index in [9.17, 15) is 13.2 Å². The van der Waals surface area contributed by atoms with Crippen molar-refractivity contribution < 1.29 is 17.4 Å². The van der Waals surface area contributed by atoms with Crippen molar-refractivity contribution in [3.63, 3.8) is 0 Å². The number of ketones is 1. The van der Waals surface area contributed by atoms with Crippen molar-refractivity contribution in [3.8, 4) is 11.8 Å². The number of halogens is 1. The van der Waals surface area contributed by atoms with Crippen LogP contribution in [0.1, 0.15) is 22.8 Å². The average Bonchev–Trinajstić information content (AvgIpc) is 2.48. The van der Waals surface area contributed by atoms with Gasteiger partial charge in [-0.05, 0) is 37.3 Å². The first-order chi connectivity index (χ1) is 10.3. The second-order valence-electron chi connectivity index (χ2n) is 4.34. The van der Waals surface area contributed by atoms with Gasteiger partial charge in [0.25, 0.3) is 0 Å². The van der Waals surface area contributed by atoms with E-state index in [2.05, 4.69) is 0 Å². The summed E-state index contributed by atoms with van der Waals surface area (Å²) >= 11 is 5.80. The van der Waals surface area contributed by atoms with Gasteiger partial charge in [-0.15, -0.1) is 0 Å². The quantitative estimate of drug-likeness (QED) is 0.633. The molecule has 2 aromatic carbocycles. The Morgan fingerprint density at radius 3 is 2.55 bits per heavy atom. The van der Waals surface area contributed by atoms with E-state index in [1.165, 1.54) is 43.3 Å². The zero-order chi connectivity index (χ0) is 16.3. The molecule has 0 N–H and O–H groups in total. The van der Waals surface area contributed by atoms with Crippen LogP contribution in [0.2, 0.25) is 5.02 Å². The average molecular weight is 336 g/mol. The topological polar surface area (TPSA) is 84.2 Å². The number of nitrogens with zero attached hydrogens (tertiary/aromatic N) is 1. The van der Waals surface area contributed by atoms with Gasteiger partial charge in [0, 0.05) is 5.02 Å². The molecule has 0 aliphatic heterocycles. The van der Waals surface area contributed by atoms with Crippen molar-refractivity contribution in [1.82, 2.24) is 0 Å². The molecule has 2 aromatic rings. The Morgan fingerprint density at radius 2 is 1.91 bits per heavy atom. The molecule has 0 radical (unpaired) electrons. The maximum Gasteiger partial charge on any atom is 0.340 e. The van der Waals surface area contributed by atoms with E-state index in [-0.39, 0.29) is 32.6 Å². The predicted octanol–water partition coefficient (Wildman–Crippen LogP) is 3.18. The molecule has 0 unspecified atom stereocenters. The summed E-state index contributed by atoms with van der Waals surface area (Å²) in [7, 11) is -4.24. The fourth-order valence-electron chi connectivity index (χ4n) is 1.79. The van der Waals surface area contributed by atoms with Crippen molar-refractivity contribution >= 4 is 27.5 Å². The summed E-state index contributed by atoms with van der Waals surface area (Å²) in [5, 5.41) is 9.27. The van der Waals surface area contributed by atoms with E-state index in [0.717, 1.165) is 0 Å². The van der Waals surface area contributed by atoms with Crippen molar-refractivity contribution in [2.75, 3.05) is 0 Å². The van der Waals surface area contributed by atoms with Gasteiger partial charge >= 0.3 is 10.1 Å². The van der Waals surface area contributed by atoms with Gasteiger partial charge < -0.3 is 4.18 Å². The van der Waals surface area contributed by atoms with Crippen LogP contribution >= 0.6 is 11.6 Å². The molecule has 2 rings (SSSR count). The highest BCUT2D eigenvalue weighted by atomic mass is 35.5. The van der Waals surface area contributed by atoms with Gasteiger partial charge in [-0.25, -0.2) is 0 Å². The maximum absolute atomic E-state index is 12.3. The van der Waals surface area contributed by atoms with Crippen molar-refractivity contribution in [1.29, 1.82) is 5.26 Å². The fraction of sp³-hybridized carbons (Fsp3) is 0.0667. The van der Waals surface area contributed by atoms with Gasteiger partial charge in [0.05, 0.1) is 11.1 Å². The van der Waals surface area contributed by atoms with Crippen molar-refractivity contribution in [2.24, 2.45) is 0 Å². The third-order valence-corrected chi connectivity index (χ3v) is 4.33. The van der Waals surface area contributed by atoms with Gasteiger partial charge in [-0.2, -0.15) is 13.7 Å². The Labute approximate surface area is 132 Å². The van der Waals surface area contributed by atoms with E-state index in [1.807, 2.05) is 0 Å². The Balaban J connectivity index is 2.51. The molecule has 22 heavy (non-hydrogen) atoms. The largest absolute Gasteiger partial charge is 0.378 e. The molecule has 0 atom stereocenters. The van der Waals surface area contributed by atoms with Crippen LogP contribution in [0, 0.1) is 11.3 Å². The number of benzene rings is 2. The van der Waals surface area contributed by atoms with E-state index in [1.54, 1.807) is 12.1 Å². The van der Waals surface area contributed by atoms with Crippen molar-refractivity contribution in [3.05, 3.63) is 58.6 Å². The summed E-state index contributed by atoms with van der Waals surface area (Å²) in [5.74, 6) is -0.522. The monoisotopic (exact) mass is 335 g/mol. The normalized spacial score (nSPS) is 10.8. The van der Waals surface area contributed by atoms with Crippen LogP contribution in [0.3, 0.4) is 0 Å². The minimum absolute atomic E-state index is 0.0409. The van der Waals surface area contributed by atoms with Crippen LogP contribution in [0.15, 0.2) is 47.4 Å². The van der Waals surface area contributed by atoms with Crippen LogP contribution in [0.5, 0.6) is 5.75 Å². The van der Waals surface area contributed by atoms with Gasteiger partial charge in [0.1, 0.15) is 11.0 Å². The summed E-state index contributed by atoms with van der Waals surface area (Å²) in [4.78, 5) is 11.3. The van der Waals surface area contributed by atoms with Gasteiger partial charge in [-0.1, -0.05) is 23.7 Å². The third kappa shape index (κ3) is 3.27. The highest BCUT2D eigenvalue weighted by Crippen LogP contribution is 2.27. The molecular formula is C15H10ClNO4S. The van der Waals surface area contributed by atoms with Crippen LogP contribution < -0.4 is 4.18 Å². The standard InChI is InChI=1S/C15H10ClNO4S/c1-10(18)13-8-12(16)6-7-14(13)21-22(19,20)15-5-3-2-4-11(15)9-17/h2-8H,1H3. The fourth-order valence-corrected chi connectivity index (χ4v) is 3.06. The second kappa shape index (κ2) is 6.18. The summed E-state index contributed by atoms with van der Waals surface area (Å²) in [6.45, 7) is 1.27. The number of hydrogen-bond acceptors (Lipinski definition) is 5. The van der Waals surface area contributed by atoms with E-state index >= 15 is 0 Å². The summed E-state index contributed by atoms with van der Waals surface area (Å²) in [6.07, 6.45) is 0. The predicted molar refractivity (Wildman–Crippen MR) is 80.4 cm³/mol. The Morgan fingerprint density at radius 1 is 1.23 bits per heavy atom. The van der Waals surface area contributed by atoms with Gasteiger partial charge in [0.15, 0.2) is 11.5 Å². The molecule has 0 aliphatic rings. The molecule has 0 bridgehead atoms. The number of carbonyl (C=O) groups excluding carboxylic acids is 1. The molecule has 0 heterocycles. The lowest BCUT2D eigenvalue weighted by Crippen LogP contribution is -2.13. The summed E-state index contributed by atoms with van der Waals surface area (Å²) in [6, 6.07) is 11.5. The van der Waals surface area contributed by atoms with Crippen LogP contribution in [-0.4, -0.2) is 14.2 Å². The minimum Gasteiger partial charge on any atom is -0.378 e. The lowest BCUT2D eigenvalue weighted by molar-refractivity contribution is 0.101. The van der Waals surface area contributed by atoms with Gasteiger partial charge in [-0.3, -0.25) is 4.79 Å². The highest BCUT2D eigenvalue weighted by molar-refractivity contribution is 7.87. The molecule has 0 saturated carbocycles.